The third-order valence-electron chi connectivity index (χ3n) is 3.10. The van der Waals surface area contributed by atoms with E-state index in [0.29, 0.717) is 0 Å². The fraction of sp³-hybridized carbons (Fsp3) is 0.0500. The number of rotatable bonds is 0. The van der Waals surface area contributed by atoms with Crippen LogP contribution in [-0.4, -0.2) is 0 Å². The largest absolute Gasteiger partial charge is 3.00 e. The predicted molar refractivity (Wildman–Crippen MR) is 90.1 cm³/mol. The summed E-state index contributed by atoms with van der Waals surface area (Å²) in [4.78, 5) is 0. The summed E-state index contributed by atoms with van der Waals surface area (Å²) in [5.41, 5.74) is 0. The number of hydrogen-bond acceptors (Lipinski definition) is 0. The molecule has 0 nitrogen and oxygen atoms in total. The van der Waals surface area contributed by atoms with Crippen LogP contribution in [0.5, 0.6) is 0 Å². The van der Waals surface area contributed by atoms with Crippen LogP contribution in [0.3, 0.4) is 0 Å². The van der Waals surface area contributed by atoms with E-state index in [1.54, 1.807) is 6.92 Å². The van der Waals surface area contributed by atoms with Crippen LogP contribution >= 0.6 is 0 Å². The molecule has 4 aromatic rings. The van der Waals surface area contributed by atoms with Gasteiger partial charge in [0.15, 0.2) is 0 Å². The Balaban J connectivity index is 0.000000181. The van der Waals surface area contributed by atoms with Crippen LogP contribution in [0, 0.1) is 6.92 Å². The zero-order valence-electron chi connectivity index (χ0n) is 12.3. The molecule has 0 spiro atoms. The van der Waals surface area contributed by atoms with Crippen molar-refractivity contribution in [1.29, 1.82) is 0 Å². The topological polar surface area (TPSA) is 0 Å². The van der Waals surface area contributed by atoms with E-state index in [9.17, 15) is 0 Å². The molecule has 0 N–H and O–H groups in total. The van der Waals surface area contributed by atoms with E-state index in [4.69, 9.17) is 0 Å². The van der Waals surface area contributed by atoms with Crippen LogP contribution in [0.1, 0.15) is 6.92 Å². The van der Waals surface area contributed by atoms with Gasteiger partial charge in [0, 0.05) is 0 Å². The smallest absolute Gasteiger partial charge is 0.346 e. The quantitative estimate of drug-likeness (QED) is 0.343. The fourth-order valence-electron chi connectivity index (χ4n) is 2.14. The van der Waals surface area contributed by atoms with Crippen molar-refractivity contribution in [3.63, 3.8) is 0 Å². The summed E-state index contributed by atoms with van der Waals surface area (Å²) in [6.45, 7) is 5.00. The molecular formula is C20H19Zr. The molecule has 0 heterocycles. The van der Waals surface area contributed by atoms with Gasteiger partial charge in [-0.05, 0) is 0 Å². The zero-order chi connectivity index (χ0) is 14.2. The van der Waals surface area contributed by atoms with Crippen LogP contribution in [0.4, 0.5) is 0 Å². The van der Waals surface area contributed by atoms with Crippen LogP contribution < -0.4 is 0 Å². The van der Waals surface area contributed by atoms with Gasteiger partial charge in [0.1, 0.15) is 0 Å². The molecular weight excluding hydrogens is 331 g/mol. The Labute approximate surface area is 146 Å². The average Bonchev–Trinajstić information content (AvgIpc) is 3.18. The van der Waals surface area contributed by atoms with Crippen molar-refractivity contribution >= 4 is 21.5 Å². The summed E-state index contributed by atoms with van der Waals surface area (Å²) >= 11 is 0. The van der Waals surface area contributed by atoms with E-state index >= 15 is 0 Å². The standard InChI is InChI=1S/2C9H7.C2H5.Zr/c2*1-2-5-9-7-3-6-8(9)4-1;1-2;/h2*1-7H;1H2,2H3;/q3*-1;+3. The number of fused-ring (bicyclic) bond motifs is 2. The molecule has 0 aromatic heterocycles. The van der Waals surface area contributed by atoms with Crippen molar-refractivity contribution in [2.24, 2.45) is 0 Å². The SMILES string of the molecule is [CH2-]C.[Zr+3].c1ccc2[cH-]ccc2c1.c1ccc2[cH-]ccc2c1. The minimum Gasteiger partial charge on any atom is -0.346 e. The molecule has 103 valence electrons. The second-order valence-electron chi connectivity index (χ2n) is 4.31. The zero-order valence-corrected chi connectivity index (χ0v) is 14.7. The third kappa shape index (κ3) is 4.79. The van der Waals surface area contributed by atoms with Crippen LogP contribution in [-0.2, 0) is 26.2 Å². The van der Waals surface area contributed by atoms with E-state index in [-0.39, 0.29) is 26.2 Å². The van der Waals surface area contributed by atoms with Crippen molar-refractivity contribution in [3.8, 4) is 0 Å². The molecule has 21 heavy (non-hydrogen) atoms. The van der Waals surface area contributed by atoms with Crippen molar-refractivity contribution < 1.29 is 26.2 Å². The molecule has 4 rings (SSSR count). The molecule has 0 aliphatic carbocycles. The summed E-state index contributed by atoms with van der Waals surface area (Å²) in [5, 5.41) is 5.32. The molecule has 0 unspecified atom stereocenters. The summed E-state index contributed by atoms with van der Waals surface area (Å²) < 4.78 is 0. The molecule has 0 fully saturated rings. The van der Waals surface area contributed by atoms with Crippen LogP contribution in [0.2, 0.25) is 0 Å². The summed E-state index contributed by atoms with van der Waals surface area (Å²) in [6, 6.07) is 29.3. The summed E-state index contributed by atoms with van der Waals surface area (Å²) in [7, 11) is 0. The van der Waals surface area contributed by atoms with E-state index < -0.39 is 0 Å². The number of benzene rings is 2. The Bertz CT molecular complexity index is 620. The van der Waals surface area contributed by atoms with Gasteiger partial charge in [-0.15, -0.1) is 59.3 Å². The first-order chi connectivity index (χ1) is 9.93. The van der Waals surface area contributed by atoms with Gasteiger partial charge in [-0.1, -0.05) is 12.1 Å². The van der Waals surface area contributed by atoms with E-state index in [0.717, 1.165) is 0 Å². The van der Waals surface area contributed by atoms with Gasteiger partial charge in [-0.3, -0.25) is 0 Å². The van der Waals surface area contributed by atoms with E-state index in [1.165, 1.54) is 21.5 Å². The summed E-state index contributed by atoms with van der Waals surface area (Å²) in [5.74, 6) is 0. The first-order valence-corrected chi connectivity index (χ1v) is 6.85. The Morgan fingerprint density at radius 2 is 1.00 bits per heavy atom. The molecule has 0 saturated carbocycles. The Kier molecular flexibility index (Phi) is 7.94. The second kappa shape index (κ2) is 9.47. The summed E-state index contributed by atoms with van der Waals surface area (Å²) in [6.07, 6.45) is 0. The van der Waals surface area contributed by atoms with Gasteiger partial charge in [-0.2, -0.15) is 42.0 Å². The molecule has 0 amide bonds. The predicted octanol–water partition coefficient (Wildman–Crippen LogP) is 5.96. The molecule has 0 aliphatic rings. The number of hydrogen-bond donors (Lipinski definition) is 0. The fourth-order valence-corrected chi connectivity index (χ4v) is 2.14. The molecule has 0 bridgehead atoms. The molecule has 0 atom stereocenters. The monoisotopic (exact) mass is 349 g/mol. The second-order valence-corrected chi connectivity index (χ2v) is 4.31. The van der Waals surface area contributed by atoms with Crippen LogP contribution in [0.15, 0.2) is 84.9 Å². The Hall–Kier alpha value is -1.46. The molecule has 1 heteroatoms. The Morgan fingerprint density at radius 3 is 1.38 bits per heavy atom. The first kappa shape index (κ1) is 17.6. The van der Waals surface area contributed by atoms with Crippen LogP contribution in [0.25, 0.3) is 21.5 Å². The van der Waals surface area contributed by atoms with E-state index in [1.807, 2.05) is 0 Å². The van der Waals surface area contributed by atoms with Crippen molar-refractivity contribution in [3.05, 3.63) is 91.9 Å². The maximum absolute atomic E-state index is 3.25. The third-order valence-corrected chi connectivity index (χ3v) is 3.10. The van der Waals surface area contributed by atoms with Gasteiger partial charge in [0.05, 0.1) is 0 Å². The molecule has 1 radical (unpaired) electrons. The molecule has 0 aliphatic heterocycles. The van der Waals surface area contributed by atoms with Crippen molar-refractivity contribution in [2.45, 2.75) is 6.92 Å². The van der Waals surface area contributed by atoms with E-state index in [2.05, 4.69) is 91.9 Å². The first-order valence-electron chi connectivity index (χ1n) is 6.85. The van der Waals surface area contributed by atoms with Gasteiger partial charge in [0.2, 0.25) is 0 Å². The minimum absolute atomic E-state index is 0. The van der Waals surface area contributed by atoms with Crippen molar-refractivity contribution in [1.82, 2.24) is 0 Å². The maximum atomic E-state index is 3.25. The molecule has 4 aromatic carbocycles. The van der Waals surface area contributed by atoms with Crippen molar-refractivity contribution in [2.75, 3.05) is 0 Å². The molecule has 0 saturated heterocycles. The van der Waals surface area contributed by atoms with Gasteiger partial charge < -0.3 is 6.92 Å². The maximum Gasteiger partial charge on any atom is 3.00 e. The average molecular weight is 351 g/mol. The Morgan fingerprint density at radius 1 is 0.619 bits per heavy atom. The van der Waals surface area contributed by atoms with Gasteiger partial charge >= 0.3 is 26.2 Å². The minimum atomic E-state index is 0. The van der Waals surface area contributed by atoms with Gasteiger partial charge in [0.25, 0.3) is 0 Å². The van der Waals surface area contributed by atoms with Gasteiger partial charge in [-0.25, -0.2) is 0 Å². The normalized spacial score (nSPS) is 9.05.